The molecule has 0 N–H and O–H groups in total. The molecule has 10 heteroatoms. The van der Waals surface area contributed by atoms with Crippen molar-refractivity contribution in [3.63, 3.8) is 0 Å². The zero-order chi connectivity index (χ0) is 14.5. The molecule has 0 aromatic carbocycles. The number of amides is 2. The Morgan fingerprint density at radius 3 is 2.85 bits per heavy atom. The van der Waals surface area contributed by atoms with Crippen molar-refractivity contribution in [1.82, 2.24) is 8.28 Å². The maximum atomic E-state index is 12.0. The quantitative estimate of drug-likeness (QED) is 0.468. The molecule has 0 radical (unpaired) electrons. The second kappa shape index (κ2) is 7.46. The van der Waals surface area contributed by atoms with Gasteiger partial charge in [-0.15, -0.1) is 0 Å². The lowest BCUT2D eigenvalue weighted by atomic mass is 10.4. The summed E-state index contributed by atoms with van der Waals surface area (Å²) in [7, 11) is 2.81. The number of nitrogens with zero attached hydrogens (tertiary/aromatic N) is 3. The van der Waals surface area contributed by atoms with E-state index in [0.717, 1.165) is 5.76 Å². The van der Waals surface area contributed by atoms with Crippen molar-refractivity contribution in [2.75, 3.05) is 12.5 Å². The monoisotopic (exact) mass is 365 g/mol. The molecule has 0 spiro atoms. The Kier molecular flexibility index (Phi) is 5.90. The highest BCUT2D eigenvalue weighted by atomic mass is 32.9. The first-order chi connectivity index (χ1) is 9.65. The Balaban J connectivity index is 2.33. The second-order valence-electron chi connectivity index (χ2n) is 3.40. The molecule has 0 aliphatic carbocycles. The van der Waals surface area contributed by atoms with E-state index >= 15 is 0 Å². The Morgan fingerprint density at radius 1 is 1.50 bits per heavy atom. The zero-order valence-electron chi connectivity index (χ0n) is 10.6. The minimum atomic E-state index is -0.303. The minimum Gasteiger partial charge on any atom is -0.467 e. The van der Waals surface area contributed by atoms with Gasteiger partial charge < -0.3 is 4.42 Å². The maximum Gasteiger partial charge on any atom is 0.366 e. The molecular weight excluding hydrogens is 354 g/mol. The lowest BCUT2D eigenvalue weighted by molar-refractivity contribution is 0.246. The van der Waals surface area contributed by atoms with Crippen LogP contribution in [0.15, 0.2) is 27.8 Å². The number of furan rings is 1. The van der Waals surface area contributed by atoms with Crippen molar-refractivity contribution >= 4 is 62.8 Å². The van der Waals surface area contributed by atoms with E-state index in [2.05, 4.69) is 4.99 Å². The summed E-state index contributed by atoms with van der Waals surface area (Å²) in [5.41, 5.74) is 0. The zero-order valence-corrected chi connectivity index (χ0v) is 14.7. The third kappa shape index (κ3) is 3.76. The van der Waals surface area contributed by atoms with Crippen LogP contribution in [0.1, 0.15) is 5.76 Å². The van der Waals surface area contributed by atoms with Gasteiger partial charge in [0.25, 0.3) is 0 Å². The van der Waals surface area contributed by atoms with Gasteiger partial charge in [-0.05, 0) is 68.9 Å². The normalized spacial score (nSPS) is 11.8. The van der Waals surface area contributed by atoms with Gasteiger partial charge in [-0.25, -0.2) is 8.51 Å². The summed E-state index contributed by atoms with van der Waals surface area (Å²) >= 11 is 7.92. The van der Waals surface area contributed by atoms with E-state index in [9.17, 15) is 4.79 Å². The highest BCUT2D eigenvalue weighted by Crippen LogP contribution is 2.17. The van der Waals surface area contributed by atoms with Crippen molar-refractivity contribution in [2.24, 2.45) is 4.99 Å². The molecule has 0 aliphatic rings. The van der Waals surface area contributed by atoms with Crippen molar-refractivity contribution in [3.05, 3.63) is 32.9 Å². The SMILES string of the molecule is CSN(SC)C(=O)N=c1ssc(=S)n1Cc1ccco1. The van der Waals surface area contributed by atoms with Gasteiger partial charge >= 0.3 is 6.03 Å². The third-order valence-corrected chi connectivity index (χ3v) is 6.95. The summed E-state index contributed by atoms with van der Waals surface area (Å²) in [5, 5.41) is 0. The van der Waals surface area contributed by atoms with Crippen LogP contribution in [-0.4, -0.2) is 26.8 Å². The number of hydrogen-bond donors (Lipinski definition) is 0. The molecule has 2 heterocycles. The van der Waals surface area contributed by atoms with E-state index in [-0.39, 0.29) is 6.03 Å². The van der Waals surface area contributed by atoms with E-state index in [0.29, 0.717) is 15.3 Å². The summed E-state index contributed by atoms with van der Waals surface area (Å²) < 4.78 is 9.30. The van der Waals surface area contributed by atoms with Gasteiger partial charge in [0, 0.05) is 12.5 Å². The van der Waals surface area contributed by atoms with Gasteiger partial charge in [0.1, 0.15) is 5.76 Å². The van der Waals surface area contributed by atoms with Crippen molar-refractivity contribution < 1.29 is 9.21 Å². The summed E-state index contributed by atoms with van der Waals surface area (Å²) in [4.78, 5) is 16.7. The fourth-order valence-corrected chi connectivity index (χ4v) is 4.76. The van der Waals surface area contributed by atoms with Crippen LogP contribution in [0.25, 0.3) is 0 Å². The maximum absolute atomic E-state index is 12.0. The van der Waals surface area contributed by atoms with Crippen LogP contribution < -0.4 is 4.80 Å². The highest BCUT2D eigenvalue weighted by Gasteiger charge is 2.11. The molecule has 0 saturated heterocycles. The smallest absolute Gasteiger partial charge is 0.366 e. The predicted molar refractivity (Wildman–Crippen MR) is 88.7 cm³/mol. The van der Waals surface area contributed by atoms with Gasteiger partial charge in [-0.3, -0.25) is 4.57 Å². The molecular formula is C10H11N3O2S5. The van der Waals surface area contributed by atoms with Crippen molar-refractivity contribution in [3.8, 4) is 0 Å². The number of urea groups is 1. The number of carbonyl (C=O) groups excluding carboxylic acids is 1. The standard InChI is InChI=1S/C10H11N3O2S5/c1-17-13(18-2)8(14)11-9-12(10(16)20-19-9)6-7-4-3-5-15-7/h3-5H,6H2,1-2H3. The molecule has 0 fully saturated rings. The first-order valence-corrected chi connectivity index (χ1v) is 10.3. The molecule has 5 nitrogen and oxygen atoms in total. The van der Waals surface area contributed by atoms with Crippen LogP contribution in [0.4, 0.5) is 4.79 Å². The van der Waals surface area contributed by atoms with Gasteiger partial charge in [0.05, 0.1) is 12.8 Å². The van der Waals surface area contributed by atoms with Crippen LogP contribution >= 0.6 is 56.8 Å². The molecule has 0 aliphatic heterocycles. The van der Waals surface area contributed by atoms with Crippen LogP contribution in [0.3, 0.4) is 0 Å². The van der Waals surface area contributed by atoms with Crippen molar-refractivity contribution in [1.29, 1.82) is 0 Å². The minimum absolute atomic E-state index is 0.303. The Morgan fingerprint density at radius 2 is 2.25 bits per heavy atom. The Hall–Kier alpha value is -0.550. The fraction of sp³-hybridized carbons (Fsp3) is 0.300. The molecule has 0 atom stereocenters. The molecule has 0 unspecified atom stereocenters. The first kappa shape index (κ1) is 15.8. The average molecular weight is 366 g/mol. The van der Waals surface area contributed by atoms with E-state index in [1.54, 1.807) is 10.8 Å². The molecule has 20 heavy (non-hydrogen) atoms. The summed E-state index contributed by atoms with van der Waals surface area (Å²) in [6, 6.07) is 3.38. The number of aromatic nitrogens is 1. The Bertz CT molecular complexity index is 680. The van der Waals surface area contributed by atoms with Crippen LogP contribution in [0.5, 0.6) is 0 Å². The summed E-state index contributed by atoms with van der Waals surface area (Å²) in [5.74, 6) is 0.780. The summed E-state index contributed by atoms with van der Waals surface area (Å²) in [6.45, 7) is 0.483. The third-order valence-electron chi connectivity index (χ3n) is 2.21. The molecule has 2 rings (SSSR count). The largest absolute Gasteiger partial charge is 0.467 e. The van der Waals surface area contributed by atoms with E-state index in [4.69, 9.17) is 16.6 Å². The molecule has 2 aromatic rings. The van der Waals surface area contributed by atoms with Gasteiger partial charge in [0.15, 0.2) is 3.95 Å². The van der Waals surface area contributed by atoms with Crippen LogP contribution in [0.2, 0.25) is 0 Å². The number of hydrogen-bond acceptors (Lipinski definition) is 7. The van der Waals surface area contributed by atoms with Crippen molar-refractivity contribution in [2.45, 2.75) is 6.54 Å². The molecule has 2 amide bonds. The van der Waals surface area contributed by atoms with Gasteiger partial charge in [0.2, 0.25) is 4.80 Å². The predicted octanol–water partition coefficient (Wildman–Crippen LogP) is 3.86. The van der Waals surface area contributed by atoms with Crippen LogP contribution in [-0.2, 0) is 6.54 Å². The molecule has 108 valence electrons. The fourth-order valence-electron chi connectivity index (χ4n) is 1.36. The first-order valence-electron chi connectivity index (χ1n) is 5.35. The molecule has 0 saturated carbocycles. The van der Waals surface area contributed by atoms with Gasteiger partial charge in [-0.1, -0.05) is 0 Å². The number of rotatable bonds is 4. The topological polar surface area (TPSA) is 50.7 Å². The average Bonchev–Trinajstić information content (AvgIpc) is 3.05. The van der Waals surface area contributed by atoms with Crippen LogP contribution in [0, 0.1) is 3.95 Å². The Labute approximate surface area is 137 Å². The van der Waals surface area contributed by atoms with E-state index in [1.165, 1.54) is 48.3 Å². The van der Waals surface area contributed by atoms with Gasteiger partial charge in [-0.2, -0.15) is 4.99 Å². The lowest BCUT2D eigenvalue weighted by Crippen LogP contribution is -2.21. The highest BCUT2D eigenvalue weighted by molar-refractivity contribution is 8.12. The second-order valence-corrected chi connectivity index (χ2v) is 7.82. The molecule has 2 aromatic heterocycles. The summed E-state index contributed by atoms with van der Waals surface area (Å²) in [6.07, 6.45) is 5.27. The lowest BCUT2D eigenvalue weighted by Gasteiger charge is -2.11. The van der Waals surface area contributed by atoms with E-state index in [1.807, 2.05) is 24.6 Å². The molecule has 0 bridgehead atoms. The van der Waals surface area contributed by atoms with E-state index < -0.39 is 0 Å². The number of carbonyl (C=O) groups is 1.